The maximum absolute atomic E-state index is 5.34. The highest BCUT2D eigenvalue weighted by Crippen LogP contribution is 2.05. The molecule has 0 radical (unpaired) electrons. The van der Waals surface area contributed by atoms with Crippen LogP contribution in [0.3, 0.4) is 0 Å². The van der Waals surface area contributed by atoms with Crippen molar-refractivity contribution < 1.29 is 4.74 Å². The molecule has 1 N–H and O–H groups in total. The molecule has 70 valence electrons. The first-order chi connectivity index (χ1) is 5.43. The maximum atomic E-state index is 5.34. The first-order valence-electron chi connectivity index (χ1n) is 4.21. The van der Waals surface area contributed by atoms with Crippen molar-refractivity contribution >= 4 is 0 Å². The second kappa shape index (κ2) is 4.49. The third-order valence-electron chi connectivity index (χ3n) is 2.03. The van der Waals surface area contributed by atoms with Gasteiger partial charge in [0.15, 0.2) is 0 Å². The largest absolute Gasteiger partial charge is 0.380 e. The van der Waals surface area contributed by atoms with Crippen molar-refractivity contribution in [2.75, 3.05) is 7.11 Å². The molecule has 0 bridgehead atoms. The number of hydrogen-bond donors (Lipinski definition) is 1. The van der Waals surface area contributed by atoms with E-state index in [1.54, 1.807) is 7.11 Å². The molecular formula is C10H19NO. The molecule has 0 heterocycles. The lowest BCUT2D eigenvalue weighted by Crippen LogP contribution is -2.48. The van der Waals surface area contributed by atoms with Crippen LogP contribution in [0.1, 0.15) is 27.7 Å². The molecule has 2 heteroatoms. The van der Waals surface area contributed by atoms with E-state index in [4.69, 9.17) is 11.2 Å². The number of nitrogens with one attached hydrogen (secondary N) is 1. The molecule has 0 rings (SSSR count). The van der Waals surface area contributed by atoms with E-state index in [0.29, 0.717) is 0 Å². The molecule has 0 aromatic rings. The molecule has 0 aliphatic heterocycles. The van der Waals surface area contributed by atoms with Crippen LogP contribution in [0.4, 0.5) is 0 Å². The van der Waals surface area contributed by atoms with Gasteiger partial charge in [-0.1, -0.05) is 5.92 Å². The van der Waals surface area contributed by atoms with Gasteiger partial charge in [-0.05, 0) is 27.7 Å². The Morgan fingerprint density at radius 3 is 2.25 bits per heavy atom. The SMILES string of the molecule is C#CC(C)(C)NC(C)C(C)OC. The van der Waals surface area contributed by atoms with Gasteiger partial charge in [-0.25, -0.2) is 0 Å². The van der Waals surface area contributed by atoms with Crippen molar-refractivity contribution in [2.45, 2.75) is 45.4 Å². The average molecular weight is 169 g/mol. The summed E-state index contributed by atoms with van der Waals surface area (Å²) in [5, 5.41) is 3.30. The smallest absolute Gasteiger partial charge is 0.0744 e. The molecule has 2 nitrogen and oxygen atoms in total. The zero-order valence-corrected chi connectivity index (χ0v) is 8.64. The van der Waals surface area contributed by atoms with Crippen LogP contribution < -0.4 is 5.32 Å². The Balaban J connectivity index is 4.01. The second-order valence-corrected chi connectivity index (χ2v) is 3.64. The molecule has 0 saturated carbocycles. The van der Waals surface area contributed by atoms with Gasteiger partial charge in [0, 0.05) is 13.2 Å². The van der Waals surface area contributed by atoms with Crippen molar-refractivity contribution in [3.63, 3.8) is 0 Å². The van der Waals surface area contributed by atoms with E-state index in [0.717, 1.165) is 0 Å². The van der Waals surface area contributed by atoms with E-state index in [9.17, 15) is 0 Å². The highest BCUT2D eigenvalue weighted by atomic mass is 16.5. The predicted molar refractivity (Wildman–Crippen MR) is 52.0 cm³/mol. The van der Waals surface area contributed by atoms with Crippen LogP contribution >= 0.6 is 0 Å². The van der Waals surface area contributed by atoms with Crippen LogP contribution in [0.5, 0.6) is 0 Å². The third kappa shape index (κ3) is 3.75. The quantitative estimate of drug-likeness (QED) is 0.642. The average Bonchev–Trinajstić information content (AvgIpc) is 2.02. The first kappa shape index (κ1) is 11.5. The molecule has 0 amide bonds. The van der Waals surface area contributed by atoms with Gasteiger partial charge in [0.25, 0.3) is 0 Å². The monoisotopic (exact) mass is 169 g/mol. The summed E-state index contributed by atoms with van der Waals surface area (Å²) in [5.74, 6) is 2.68. The van der Waals surface area contributed by atoms with E-state index in [-0.39, 0.29) is 17.7 Å². The van der Waals surface area contributed by atoms with Crippen molar-refractivity contribution in [2.24, 2.45) is 0 Å². The van der Waals surface area contributed by atoms with E-state index in [1.165, 1.54) is 0 Å². The molecule has 0 saturated heterocycles. The van der Waals surface area contributed by atoms with E-state index >= 15 is 0 Å². The van der Waals surface area contributed by atoms with Gasteiger partial charge in [-0.3, -0.25) is 5.32 Å². The Kier molecular flexibility index (Phi) is 4.30. The lowest BCUT2D eigenvalue weighted by molar-refractivity contribution is 0.0824. The summed E-state index contributed by atoms with van der Waals surface area (Å²) in [6.07, 6.45) is 5.52. The summed E-state index contributed by atoms with van der Waals surface area (Å²) in [6, 6.07) is 0.265. The van der Waals surface area contributed by atoms with E-state index in [2.05, 4.69) is 18.2 Å². The van der Waals surface area contributed by atoms with Crippen molar-refractivity contribution in [3.05, 3.63) is 0 Å². The van der Waals surface area contributed by atoms with Gasteiger partial charge in [0.1, 0.15) is 0 Å². The minimum Gasteiger partial charge on any atom is -0.380 e. The van der Waals surface area contributed by atoms with Crippen molar-refractivity contribution in [1.29, 1.82) is 0 Å². The van der Waals surface area contributed by atoms with Crippen LogP contribution in [-0.2, 0) is 4.74 Å². The fourth-order valence-electron chi connectivity index (χ4n) is 0.932. The Hall–Kier alpha value is -0.520. The Morgan fingerprint density at radius 2 is 1.92 bits per heavy atom. The van der Waals surface area contributed by atoms with Gasteiger partial charge in [0.05, 0.1) is 11.6 Å². The second-order valence-electron chi connectivity index (χ2n) is 3.64. The molecule has 0 aliphatic carbocycles. The Bertz CT molecular complexity index is 169. The summed E-state index contributed by atoms with van der Waals surface area (Å²) < 4.78 is 5.17. The summed E-state index contributed by atoms with van der Waals surface area (Å²) in [6.45, 7) is 8.04. The topological polar surface area (TPSA) is 21.3 Å². The van der Waals surface area contributed by atoms with Crippen LogP contribution in [0.2, 0.25) is 0 Å². The van der Waals surface area contributed by atoms with E-state index < -0.39 is 0 Å². The van der Waals surface area contributed by atoms with Crippen LogP contribution in [-0.4, -0.2) is 24.8 Å². The number of terminal acetylenes is 1. The molecular weight excluding hydrogens is 150 g/mol. The highest BCUT2D eigenvalue weighted by Gasteiger charge is 2.20. The fraction of sp³-hybridized carbons (Fsp3) is 0.800. The molecule has 0 aromatic heterocycles. The molecule has 2 unspecified atom stereocenters. The lowest BCUT2D eigenvalue weighted by Gasteiger charge is -2.28. The molecule has 12 heavy (non-hydrogen) atoms. The summed E-state index contributed by atoms with van der Waals surface area (Å²) in [4.78, 5) is 0. The Labute approximate surface area is 75.7 Å². The predicted octanol–water partition coefficient (Wildman–Crippen LogP) is 1.41. The highest BCUT2D eigenvalue weighted by molar-refractivity contribution is 5.08. The third-order valence-corrected chi connectivity index (χ3v) is 2.03. The molecule has 0 aliphatic rings. The normalized spacial score (nSPS) is 16.7. The van der Waals surface area contributed by atoms with Gasteiger partial charge in [-0.15, -0.1) is 6.42 Å². The number of methoxy groups -OCH3 is 1. The minimum atomic E-state index is -0.258. The van der Waals surface area contributed by atoms with Crippen molar-refractivity contribution in [1.82, 2.24) is 5.32 Å². The standard InChI is InChI=1S/C10H19NO/c1-7-10(4,5)11-8(2)9(3)12-6/h1,8-9,11H,2-6H3. The van der Waals surface area contributed by atoms with Gasteiger partial charge in [-0.2, -0.15) is 0 Å². The number of rotatable bonds is 4. The van der Waals surface area contributed by atoms with Gasteiger partial charge < -0.3 is 4.74 Å². The fourth-order valence-corrected chi connectivity index (χ4v) is 0.932. The zero-order chi connectivity index (χ0) is 9.78. The van der Waals surface area contributed by atoms with Crippen LogP contribution in [0, 0.1) is 12.3 Å². The van der Waals surface area contributed by atoms with Gasteiger partial charge >= 0.3 is 0 Å². The van der Waals surface area contributed by atoms with E-state index in [1.807, 2.05) is 20.8 Å². The number of hydrogen-bond acceptors (Lipinski definition) is 2. The van der Waals surface area contributed by atoms with Crippen molar-refractivity contribution in [3.8, 4) is 12.3 Å². The lowest BCUT2D eigenvalue weighted by atomic mass is 10.0. The minimum absolute atomic E-state index is 0.178. The maximum Gasteiger partial charge on any atom is 0.0744 e. The summed E-state index contributed by atoms with van der Waals surface area (Å²) in [5.41, 5.74) is -0.258. The van der Waals surface area contributed by atoms with Crippen LogP contribution in [0.15, 0.2) is 0 Å². The summed E-state index contributed by atoms with van der Waals surface area (Å²) >= 11 is 0. The van der Waals surface area contributed by atoms with Gasteiger partial charge in [0.2, 0.25) is 0 Å². The zero-order valence-electron chi connectivity index (χ0n) is 8.64. The Morgan fingerprint density at radius 1 is 1.42 bits per heavy atom. The van der Waals surface area contributed by atoms with Crippen LogP contribution in [0.25, 0.3) is 0 Å². The molecule has 0 fully saturated rings. The summed E-state index contributed by atoms with van der Waals surface area (Å²) in [7, 11) is 1.70. The molecule has 0 aromatic carbocycles. The molecule has 2 atom stereocenters. The number of ether oxygens (including phenoxy) is 1. The first-order valence-corrected chi connectivity index (χ1v) is 4.21. The molecule has 0 spiro atoms.